The smallest absolute Gasteiger partial charge is 0.119 e. The Kier molecular flexibility index (Phi) is 5.43. The van der Waals surface area contributed by atoms with Crippen molar-refractivity contribution in [1.82, 2.24) is 5.32 Å². The van der Waals surface area contributed by atoms with Crippen molar-refractivity contribution in [1.29, 1.82) is 0 Å². The number of aryl methyl sites for hydroxylation is 1. The molecule has 0 aliphatic rings. The van der Waals surface area contributed by atoms with Crippen LogP contribution in [0.15, 0.2) is 42.5 Å². The van der Waals surface area contributed by atoms with E-state index < -0.39 is 0 Å². The van der Waals surface area contributed by atoms with E-state index in [0.717, 1.165) is 5.75 Å². The highest BCUT2D eigenvalue weighted by Gasteiger charge is 2.16. The fourth-order valence-corrected chi connectivity index (χ4v) is 3.02. The summed E-state index contributed by atoms with van der Waals surface area (Å²) < 4.78 is 6.91. The molecule has 3 heteroatoms. The minimum atomic E-state index is 0.183. The summed E-state index contributed by atoms with van der Waals surface area (Å²) in [4.78, 5) is 0. The van der Waals surface area contributed by atoms with Crippen LogP contribution in [0.5, 0.6) is 5.75 Å². The van der Waals surface area contributed by atoms with Crippen LogP contribution < -0.4 is 10.1 Å². The first-order valence-electron chi connectivity index (χ1n) is 6.82. The van der Waals surface area contributed by atoms with Gasteiger partial charge >= 0.3 is 0 Å². The second-order valence-electron chi connectivity index (χ2n) is 4.71. The van der Waals surface area contributed by atoms with E-state index >= 15 is 0 Å². The zero-order valence-corrected chi connectivity index (χ0v) is 14.3. The summed E-state index contributed by atoms with van der Waals surface area (Å²) in [5.41, 5.74) is 3.84. The molecule has 0 amide bonds. The van der Waals surface area contributed by atoms with Crippen LogP contribution in [-0.2, 0) is 0 Å². The summed E-state index contributed by atoms with van der Waals surface area (Å²) in [5, 5.41) is 3.41. The van der Waals surface area contributed by atoms with Crippen LogP contribution in [0, 0.1) is 10.5 Å². The molecule has 0 aliphatic carbocycles. The molecule has 1 atom stereocenters. The molecule has 0 radical (unpaired) electrons. The fraction of sp³-hybridized carbons (Fsp3) is 0.294. The van der Waals surface area contributed by atoms with Gasteiger partial charge in [-0.25, -0.2) is 0 Å². The zero-order chi connectivity index (χ0) is 14.5. The van der Waals surface area contributed by atoms with Crippen molar-refractivity contribution in [3.05, 3.63) is 62.7 Å². The van der Waals surface area contributed by atoms with Gasteiger partial charge in [0.25, 0.3) is 0 Å². The lowest BCUT2D eigenvalue weighted by atomic mass is 9.97. The first-order valence-corrected chi connectivity index (χ1v) is 7.90. The molecule has 1 N–H and O–H groups in total. The highest BCUT2D eigenvalue weighted by atomic mass is 127. The molecule has 0 aromatic heterocycles. The Bertz CT molecular complexity index is 583. The van der Waals surface area contributed by atoms with Gasteiger partial charge in [-0.3, -0.25) is 0 Å². The van der Waals surface area contributed by atoms with Crippen molar-refractivity contribution in [2.45, 2.75) is 19.9 Å². The van der Waals surface area contributed by atoms with E-state index in [0.29, 0.717) is 6.61 Å². The van der Waals surface area contributed by atoms with Crippen LogP contribution in [0.3, 0.4) is 0 Å². The molecule has 2 aromatic carbocycles. The van der Waals surface area contributed by atoms with Crippen LogP contribution >= 0.6 is 22.6 Å². The summed E-state index contributed by atoms with van der Waals surface area (Å²) in [5.74, 6) is 0.924. The van der Waals surface area contributed by atoms with Crippen LogP contribution in [0.25, 0.3) is 0 Å². The first kappa shape index (κ1) is 15.3. The highest BCUT2D eigenvalue weighted by Crippen LogP contribution is 2.29. The Balaban J connectivity index is 2.41. The molecule has 2 nitrogen and oxygen atoms in total. The van der Waals surface area contributed by atoms with E-state index in [1.807, 2.05) is 26.1 Å². The van der Waals surface area contributed by atoms with E-state index in [-0.39, 0.29) is 6.04 Å². The predicted molar refractivity (Wildman–Crippen MR) is 92.4 cm³/mol. The minimum absolute atomic E-state index is 0.183. The molecule has 106 valence electrons. The van der Waals surface area contributed by atoms with Gasteiger partial charge in [0.1, 0.15) is 5.75 Å². The molecule has 1 unspecified atom stereocenters. The van der Waals surface area contributed by atoms with Crippen molar-refractivity contribution in [2.75, 3.05) is 13.7 Å². The molecule has 2 rings (SSSR count). The number of benzene rings is 2. The molecule has 20 heavy (non-hydrogen) atoms. The number of ether oxygens (including phenoxy) is 1. The maximum atomic E-state index is 5.60. The topological polar surface area (TPSA) is 21.3 Å². The summed E-state index contributed by atoms with van der Waals surface area (Å²) in [6, 6.07) is 14.9. The summed E-state index contributed by atoms with van der Waals surface area (Å²) in [6.45, 7) is 4.84. The van der Waals surface area contributed by atoms with Crippen molar-refractivity contribution < 1.29 is 4.74 Å². The third-order valence-electron chi connectivity index (χ3n) is 3.32. The largest absolute Gasteiger partial charge is 0.494 e. The first-order chi connectivity index (χ1) is 9.67. The van der Waals surface area contributed by atoms with Gasteiger partial charge in [0, 0.05) is 3.57 Å². The summed E-state index contributed by atoms with van der Waals surface area (Å²) >= 11 is 2.42. The number of hydrogen-bond acceptors (Lipinski definition) is 2. The third kappa shape index (κ3) is 3.33. The average molecular weight is 381 g/mol. The monoisotopic (exact) mass is 381 g/mol. The highest BCUT2D eigenvalue weighted by molar-refractivity contribution is 14.1. The van der Waals surface area contributed by atoms with Gasteiger partial charge in [-0.2, -0.15) is 0 Å². The Morgan fingerprint density at radius 2 is 1.95 bits per heavy atom. The Labute approximate surface area is 134 Å². The molecule has 0 heterocycles. The molecule has 2 aromatic rings. The lowest BCUT2D eigenvalue weighted by molar-refractivity contribution is 0.339. The minimum Gasteiger partial charge on any atom is -0.494 e. The van der Waals surface area contributed by atoms with E-state index in [2.05, 4.69) is 65.2 Å². The number of halogens is 1. The molecular weight excluding hydrogens is 361 g/mol. The molecule has 0 bridgehead atoms. The van der Waals surface area contributed by atoms with Gasteiger partial charge in [-0.15, -0.1) is 0 Å². The molecular formula is C17H20INO. The maximum absolute atomic E-state index is 5.60. The van der Waals surface area contributed by atoms with Gasteiger partial charge < -0.3 is 10.1 Å². The van der Waals surface area contributed by atoms with Crippen molar-refractivity contribution in [2.24, 2.45) is 0 Å². The normalized spacial score (nSPS) is 12.2. The van der Waals surface area contributed by atoms with Crippen molar-refractivity contribution >= 4 is 22.6 Å². The third-order valence-corrected chi connectivity index (χ3v) is 4.80. The SMILES string of the molecule is CCOc1cccc(C(NC)c2cccc(C)c2I)c1. The molecule has 0 saturated heterocycles. The van der Waals surface area contributed by atoms with Crippen LogP contribution in [0.2, 0.25) is 0 Å². The van der Waals surface area contributed by atoms with Crippen molar-refractivity contribution in [3.63, 3.8) is 0 Å². The lowest BCUT2D eigenvalue weighted by Crippen LogP contribution is -2.19. The molecule has 0 fully saturated rings. The fourth-order valence-electron chi connectivity index (χ4n) is 2.35. The van der Waals surface area contributed by atoms with Gasteiger partial charge in [-0.1, -0.05) is 30.3 Å². The van der Waals surface area contributed by atoms with Gasteiger partial charge in [-0.05, 0) is 72.3 Å². The predicted octanol–water partition coefficient (Wildman–Crippen LogP) is 4.31. The Morgan fingerprint density at radius 3 is 2.65 bits per heavy atom. The zero-order valence-electron chi connectivity index (χ0n) is 12.1. The average Bonchev–Trinajstić information content (AvgIpc) is 2.45. The second-order valence-corrected chi connectivity index (χ2v) is 5.78. The summed E-state index contributed by atoms with van der Waals surface area (Å²) in [7, 11) is 2.00. The van der Waals surface area contributed by atoms with Gasteiger partial charge in [0.15, 0.2) is 0 Å². The van der Waals surface area contributed by atoms with Crippen molar-refractivity contribution in [3.8, 4) is 5.75 Å². The lowest BCUT2D eigenvalue weighted by Gasteiger charge is -2.20. The number of rotatable bonds is 5. The molecule has 0 spiro atoms. The maximum Gasteiger partial charge on any atom is 0.119 e. The second kappa shape index (κ2) is 7.09. The quantitative estimate of drug-likeness (QED) is 0.780. The summed E-state index contributed by atoms with van der Waals surface area (Å²) in [6.07, 6.45) is 0. The van der Waals surface area contributed by atoms with Gasteiger partial charge in [0.2, 0.25) is 0 Å². The molecule has 0 saturated carbocycles. The van der Waals surface area contributed by atoms with E-state index in [9.17, 15) is 0 Å². The molecule has 0 aliphatic heterocycles. The Hall–Kier alpha value is -1.07. The number of nitrogens with one attached hydrogen (secondary N) is 1. The van der Waals surface area contributed by atoms with Crippen LogP contribution in [-0.4, -0.2) is 13.7 Å². The van der Waals surface area contributed by atoms with Gasteiger partial charge in [0.05, 0.1) is 12.6 Å². The number of hydrogen-bond donors (Lipinski definition) is 1. The van der Waals surface area contributed by atoms with E-state index in [1.54, 1.807) is 0 Å². The Morgan fingerprint density at radius 1 is 1.20 bits per heavy atom. The van der Waals surface area contributed by atoms with Crippen LogP contribution in [0.1, 0.15) is 29.7 Å². The van der Waals surface area contributed by atoms with Crippen LogP contribution in [0.4, 0.5) is 0 Å². The standard InChI is InChI=1S/C17H20INO/c1-4-20-14-9-6-8-13(11-14)17(19-3)15-10-5-7-12(2)16(15)18/h5-11,17,19H,4H2,1-3H3. The van der Waals surface area contributed by atoms with E-state index in [1.165, 1.54) is 20.3 Å². The van der Waals surface area contributed by atoms with E-state index in [4.69, 9.17) is 4.74 Å².